The Morgan fingerprint density at radius 2 is 0.641 bits per heavy atom. The highest BCUT2D eigenvalue weighted by molar-refractivity contribution is 6.18. The highest BCUT2D eigenvalue weighted by atomic mass is 16.3. The number of furan rings is 2. The molecule has 78 heavy (non-hydrogen) atoms. The zero-order valence-electron chi connectivity index (χ0n) is 45.5. The molecule has 0 aliphatic heterocycles. The molecule has 2 aromatic heterocycles. The number of fused-ring (bicyclic) bond motifs is 14. The van der Waals surface area contributed by atoms with E-state index in [4.69, 9.17) is 8.83 Å². The minimum Gasteiger partial charge on any atom is -0.456 e. The topological polar surface area (TPSA) is 32.8 Å². The fourth-order valence-electron chi connectivity index (χ4n) is 13.4. The van der Waals surface area contributed by atoms with Gasteiger partial charge in [0.05, 0.1) is 0 Å². The summed E-state index contributed by atoms with van der Waals surface area (Å²) in [6.07, 6.45) is 0. The predicted molar refractivity (Wildman–Crippen MR) is 329 cm³/mol. The molecule has 0 spiro atoms. The number of anilines is 6. The minimum atomic E-state index is -0.115. The second-order valence-electron chi connectivity index (χ2n) is 23.8. The number of hydrogen-bond acceptors (Lipinski definition) is 4. The van der Waals surface area contributed by atoms with E-state index in [2.05, 4.69) is 271 Å². The van der Waals surface area contributed by atoms with Crippen LogP contribution >= 0.6 is 0 Å². The molecule has 0 unspecified atom stereocenters. The van der Waals surface area contributed by atoms with Crippen LogP contribution in [0.1, 0.15) is 101 Å². The molecule has 11 aromatic carbocycles. The lowest BCUT2D eigenvalue weighted by atomic mass is 9.82. The van der Waals surface area contributed by atoms with Gasteiger partial charge in [-0.2, -0.15) is 0 Å². The first kappa shape index (κ1) is 46.4. The summed E-state index contributed by atoms with van der Waals surface area (Å²) >= 11 is 0. The summed E-state index contributed by atoms with van der Waals surface area (Å²) in [5.74, 6) is 0.890. The Labute approximate surface area is 455 Å². The van der Waals surface area contributed by atoms with Gasteiger partial charge in [-0.3, -0.25) is 0 Å². The first-order valence-corrected chi connectivity index (χ1v) is 27.8. The Kier molecular flexibility index (Phi) is 10.0. The maximum absolute atomic E-state index is 6.78. The lowest BCUT2D eigenvalue weighted by Crippen LogP contribution is -2.16. The molecule has 0 bridgehead atoms. The van der Waals surface area contributed by atoms with Crippen molar-refractivity contribution in [2.24, 2.45) is 0 Å². The van der Waals surface area contributed by atoms with E-state index in [1.165, 1.54) is 55.6 Å². The van der Waals surface area contributed by atoms with Gasteiger partial charge in [-0.05, 0) is 192 Å². The average Bonchev–Trinajstić information content (AvgIpc) is 4.32. The molecule has 4 heteroatoms. The molecule has 0 radical (unpaired) electrons. The molecule has 0 saturated heterocycles. The van der Waals surface area contributed by atoms with Gasteiger partial charge in [0.2, 0.25) is 0 Å². The van der Waals surface area contributed by atoms with E-state index in [0.29, 0.717) is 11.8 Å². The number of hydrogen-bond donors (Lipinski definition) is 0. The van der Waals surface area contributed by atoms with Crippen molar-refractivity contribution in [2.75, 3.05) is 9.80 Å². The van der Waals surface area contributed by atoms with Crippen LogP contribution < -0.4 is 9.80 Å². The third-order valence-electron chi connectivity index (χ3n) is 17.7. The van der Waals surface area contributed by atoms with Gasteiger partial charge in [0, 0.05) is 72.6 Å². The molecular weight excluding hydrogens is 949 g/mol. The van der Waals surface area contributed by atoms with Crippen LogP contribution in [0.4, 0.5) is 34.1 Å². The average molecular weight is 1010 g/mol. The van der Waals surface area contributed by atoms with Crippen molar-refractivity contribution in [1.82, 2.24) is 0 Å². The predicted octanol–water partition coefficient (Wildman–Crippen LogP) is 21.6. The van der Waals surface area contributed by atoms with Crippen molar-refractivity contribution < 1.29 is 8.83 Å². The van der Waals surface area contributed by atoms with Gasteiger partial charge in [-0.15, -0.1) is 0 Å². The van der Waals surface area contributed by atoms with Gasteiger partial charge >= 0.3 is 0 Å². The smallest absolute Gasteiger partial charge is 0.139 e. The second-order valence-corrected chi connectivity index (χ2v) is 23.8. The molecule has 2 aliphatic carbocycles. The van der Waals surface area contributed by atoms with E-state index in [-0.39, 0.29) is 10.8 Å². The highest BCUT2D eigenvalue weighted by Crippen LogP contribution is 2.53. The van der Waals surface area contributed by atoms with Gasteiger partial charge in [0.1, 0.15) is 22.3 Å². The van der Waals surface area contributed by atoms with E-state index in [9.17, 15) is 0 Å². The summed E-state index contributed by atoms with van der Waals surface area (Å²) < 4.78 is 13.6. The van der Waals surface area contributed by atoms with E-state index >= 15 is 0 Å². The van der Waals surface area contributed by atoms with E-state index in [1.807, 2.05) is 0 Å². The van der Waals surface area contributed by atoms with Crippen LogP contribution in [0.25, 0.3) is 87.7 Å². The summed E-state index contributed by atoms with van der Waals surface area (Å²) in [7, 11) is 0. The molecule has 0 N–H and O–H groups in total. The lowest BCUT2D eigenvalue weighted by molar-refractivity contribution is 0.656. The SMILES string of the molecule is CC(C)c1ccc(N(c2ccc3c(c2)C(C)(C)c2ccccc2-3)c2ccc3cc4c(cc3c2)oc2cc3oc5cc6cc(N(c7ccc(C(C)C)cc7)c7ccc8c(c7)C(C)(C)c7ccccc7-8)ccc6cc5c3cc24)cc1. The summed E-state index contributed by atoms with van der Waals surface area (Å²) in [4.78, 5) is 4.82. The molecule has 378 valence electrons. The first-order valence-electron chi connectivity index (χ1n) is 27.8. The van der Waals surface area contributed by atoms with Gasteiger partial charge in [0.15, 0.2) is 0 Å². The molecular formula is C74H60N2O2. The van der Waals surface area contributed by atoms with Gasteiger partial charge in [-0.25, -0.2) is 0 Å². The van der Waals surface area contributed by atoms with Gasteiger partial charge in [0.25, 0.3) is 0 Å². The standard InChI is InChI=1S/C74H60N2O2/c1-43(2)45-17-23-51(24-18-45)75(55-29-31-59-57-13-9-11-15-65(57)73(5,6)67(59)39-55)53-27-21-47-35-61-63-41-64-62-36-48-22-28-54(34-50(48)38-70(62)78-72(64)42-71(63)77-69(61)37-49(47)33-53)76(52-25-19-46(20-26-52)44(3)4)56-30-32-60-58-14-10-12-16-66(58)74(7,8)68(60)40-56/h9-44H,1-8H3. The van der Waals surface area contributed by atoms with Crippen LogP contribution in [0.3, 0.4) is 0 Å². The largest absolute Gasteiger partial charge is 0.456 e. The number of rotatable bonds is 8. The van der Waals surface area contributed by atoms with E-state index in [0.717, 1.165) is 99.5 Å². The molecule has 2 heterocycles. The lowest BCUT2D eigenvalue weighted by Gasteiger charge is -2.28. The third-order valence-corrected chi connectivity index (χ3v) is 17.7. The highest BCUT2D eigenvalue weighted by Gasteiger charge is 2.37. The summed E-state index contributed by atoms with van der Waals surface area (Å²) in [6.45, 7) is 18.4. The molecule has 0 atom stereocenters. The number of nitrogens with zero attached hydrogens (tertiary/aromatic N) is 2. The molecule has 2 aliphatic rings. The molecule has 13 aromatic rings. The van der Waals surface area contributed by atoms with Gasteiger partial charge in [-0.1, -0.05) is 152 Å². The van der Waals surface area contributed by atoms with Crippen molar-refractivity contribution in [3.05, 3.63) is 240 Å². The second kappa shape index (κ2) is 16.8. The van der Waals surface area contributed by atoms with Crippen molar-refractivity contribution >= 4 is 99.5 Å². The summed E-state index contributed by atoms with van der Waals surface area (Å²) in [6, 6.07) is 77.0. The maximum atomic E-state index is 6.78. The van der Waals surface area contributed by atoms with Crippen LogP contribution in [-0.2, 0) is 10.8 Å². The Bertz CT molecular complexity index is 4330. The minimum absolute atomic E-state index is 0.115. The Morgan fingerprint density at radius 3 is 1.06 bits per heavy atom. The van der Waals surface area contributed by atoms with Crippen molar-refractivity contribution in [1.29, 1.82) is 0 Å². The molecule has 0 amide bonds. The Hall–Kier alpha value is -8.86. The zero-order valence-corrected chi connectivity index (χ0v) is 45.5. The van der Waals surface area contributed by atoms with Crippen molar-refractivity contribution in [3.63, 3.8) is 0 Å². The molecule has 15 rings (SSSR count). The fraction of sp³-hybridized carbons (Fsp3) is 0.162. The molecule has 0 saturated carbocycles. The Morgan fingerprint density at radius 1 is 0.295 bits per heavy atom. The summed E-state index contributed by atoms with van der Waals surface area (Å²) in [5.41, 5.74) is 23.2. The van der Waals surface area contributed by atoms with Crippen LogP contribution in [0.2, 0.25) is 0 Å². The van der Waals surface area contributed by atoms with Crippen molar-refractivity contribution in [2.45, 2.75) is 78.1 Å². The van der Waals surface area contributed by atoms with E-state index < -0.39 is 0 Å². The van der Waals surface area contributed by atoms with Crippen LogP contribution in [-0.4, -0.2) is 0 Å². The summed E-state index contributed by atoms with van der Waals surface area (Å²) in [5, 5.41) is 8.90. The zero-order chi connectivity index (χ0) is 52.9. The fourth-order valence-corrected chi connectivity index (χ4v) is 13.4. The normalized spacial score (nSPS) is 14.1. The molecule has 4 nitrogen and oxygen atoms in total. The molecule has 0 fully saturated rings. The van der Waals surface area contributed by atoms with Crippen LogP contribution in [0.15, 0.2) is 215 Å². The first-order chi connectivity index (χ1) is 37.8. The van der Waals surface area contributed by atoms with Crippen LogP contribution in [0.5, 0.6) is 0 Å². The third kappa shape index (κ3) is 6.98. The monoisotopic (exact) mass is 1010 g/mol. The maximum Gasteiger partial charge on any atom is 0.139 e. The quantitative estimate of drug-likeness (QED) is 0.152. The Balaban J connectivity index is 0.807. The van der Waals surface area contributed by atoms with E-state index in [1.54, 1.807) is 0 Å². The van der Waals surface area contributed by atoms with Crippen LogP contribution in [0, 0.1) is 0 Å². The number of benzene rings is 11. The van der Waals surface area contributed by atoms with Gasteiger partial charge < -0.3 is 18.6 Å². The van der Waals surface area contributed by atoms with Crippen molar-refractivity contribution in [3.8, 4) is 22.3 Å².